The molecule has 2 heterocycles. The quantitative estimate of drug-likeness (QED) is 0.117. The predicted octanol–water partition coefficient (Wildman–Crippen LogP) is 3.97. The molecule has 4 N–H and O–H groups in total. The third-order valence-electron chi connectivity index (χ3n) is 11.2. The number of nitrogens with one attached hydrogen (secondary N) is 2. The number of carbonyl (C=O) groups is 5. The van der Waals surface area contributed by atoms with Crippen molar-refractivity contribution in [3.8, 4) is 0 Å². The average molecular weight is 794 g/mol. The van der Waals surface area contributed by atoms with Crippen molar-refractivity contribution >= 4 is 40.9 Å². The predicted molar refractivity (Wildman–Crippen MR) is 216 cm³/mol. The summed E-state index contributed by atoms with van der Waals surface area (Å²) in [6.45, 7) is 10.9. The number of likely N-dealkylation sites (N-methyl/N-ethyl adjacent to an activating group) is 2. The van der Waals surface area contributed by atoms with Crippen LogP contribution in [0.2, 0.25) is 0 Å². The van der Waals surface area contributed by atoms with E-state index >= 15 is 0 Å². The number of hydrogen-bond donors (Lipinski definition) is 3. The molecule has 1 fully saturated rings. The van der Waals surface area contributed by atoms with E-state index in [0.29, 0.717) is 32.5 Å². The zero-order chi connectivity index (χ0) is 41.1. The number of methoxy groups -OCH3 is 2. The molecule has 14 nitrogen and oxygen atoms in total. The normalized spacial score (nSPS) is 17.6. The lowest BCUT2D eigenvalue weighted by Crippen LogP contribution is -2.55. The number of ether oxygens (including phenoxy) is 2. The maximum absolute atomic E-state index is 14.0. The smallest absolute Gasteiger partial charge is 0.243 e. The molecule has 1 aromatic heterocycles. The molecule has 0 spiro atoms. The van der Waals surface area contributed by atoms with E-state index in [1.165, 1.54) is 16.2 Å². The van der Waals surface area contributed by atoms with E-state index in [2.05, 4.69) is 15.6 Å². The Labute approximate surface area is 334 Å². The van der Waals surface area contributed by atoms with E-state index in [-0.39, 0.29) is 60.4 Å². The van der Waals surface area contributed by atoms with Gasteiger partial charge in [0.05, 0.1) is 49.7 Å². The highest BCUT2D eigenvalue weighted by Gasteiger charge is 2.42. The lowest BCUT2D eigenvalue weighted by Gasteiger charge is -2.39. The number of unbranched alkanes of at least 4 members (excludes halogenated alkanes) is 5. The largest absolute Gasteiger partial charge is 0.379 e. The first kappa shape index (κ1) is 48.0. The average Bonchev–Trinajstić information content (AvgIpc) is 3.88. The third kappa shape index (κ3) is 14.7. The van der Waals surface area contributed by atoms with Gasteiger partial charge in [0.15, 0.2) is 0 Å². The van der Waals surface area contributed by atoms with Crippen LogP contribution in [0.1, 0.15) is 110 Å². The molecule has 5 amide bonds. The van der Waals surface area contributed by atoms with E-state index < -0.39 is 30.2 Å². The minimum absolute atomic E-state index is 0.0297. The van der Waals surface area contributed by atoms with Crippen LogP contribution < -0.4 is 16.4 Å². The van der Waals surface area contributed by atoms with Gasteiger partial charge in [-0.15, -0.1) is 11.3 Å². The standard InChI is InChI=1S/C40H71N7O7S/c1-10-28(4)37(46(7)35(50)26-44-40(52)36(27(2)3)45(6)33(48)19-15-13-11-12-14-16-20-41)31(53-8)24-34(49)47-22-17-18-30(47)38(54-9)29(5)39(51)43-25-32-42-21-23-55-32/h21,23,27-31,36-38H,10-20,22,24-26,41H2,1-9H3,(H,43,51)(H,44,52)/t28-,29+,30-,31+,36?,37-,38+/m0/s1. The Kier molecular flexibility index (Phi) is 22.0. The van der Waals surface area contributed by atoms with E-state index in [4.69, 9.17) is 15.2 Å². The lowest BCUT2D eigenvalue weighted by atomic mass is 9.90. The molecule has 1 saturated heterocycles. The fourth-order valence-electron chi connectivity index (χ4n) is 7.77. The summed E-state index contributed by atoms with van der Waals surface area (Å²) in [5.41, 5.74) is 5.57. The van der Waals surface area contributed by atoms with Gasteiger partial charge in [0.25, 0.3) is 0 Å². The van der Waals surface area contributed by atoms with Crippen LogP contribution in [0.4, 0.5) is 0 Å². The van der Waals surface area contributed by atoms with Gasteiger partial charge in [0, 0.05) is 52.9 Å². The molecule has 1 aliphatic rings. The highest BCUT2D eigenvalue weighted by molar-refractivity contribution is 7.09. The van der Waals surface area contributed by atoms with Gasteiger partial charge in [-0.05, 0) is 44.1 Å². The Morgan fingerprint density at radius 2 is 1.62 bits per heavy atom. The summed E-state index contributed by atoms with van der Waals surface area (Å²) < 4.78 is 11.8. The summed E-state index contributed by atoms with van der Waals surface area (Å²) in [6, 6.07) is -1.47. The molecule has 0 saturated carbocycles. The van der Waals surface area contributed by atoms with Crippen molar-refractivity contribution in [2.45, 2.75) is 142 Å². The maximum atomic E-state index is 14.0. The number of thiazole rings is 1. The van der Waals surface area contributed by atoms with Crippen molar-refractivity contribution < 1.29 is 33.4 Å². The van der Waals surface area contributed by atoms with E-state index in [0.717, 1.165) is 56.4 Å². The molecule has 55 heavy (non-hydrogen) atoms. The van der Waals surface area contributed by atoms with E-state index in [1.54, 1.807) is 44.3 Å². The number of rotatable bonds is 26. The highest BCUT2D eigenvalue weighted by atomic mass is 32.1. The fraction of sp³-hybridized carbons (Fsp3) is 0.800. The summed E-state index contributed by atoms with van der Waals surface area (Å²) in [6.07, 6.45) is 9.15. The number of carbonyl (C=O) groups excluding carboxylic acids is 5. The van der Waals surface area contributed by atoms with Crippen molar-refractivity contribution in [1.29, 1.82) is 0 Å². The van der Waals surface area contributed by atoms with Crippen molar-refractivity contribution in [3.05, 3.63) is 16.6 Å². The van der Waals surface area contributed by atoms with Crippen molar-refractivity contribution in [3.63, 3.8) is 0 Å². The molecule has 1 unspecified atom stereocenters. The molecule has 2 rings (SSSR count). The first-order valence-corrected chi connectivity index (χ1v) is 21.1. The zero-order valence-electron chi connectivity index (χ0n) is 35.0. The SMILES string of the molecule is CC[C@H](C)[C@@H]([C@@H](CC(=O)N1CCC[C@H]1[C@H](OC)[C@@H](C)C(=O)NCc1nccs1)OC)N(C)C(=O)CNC(=O)C(C(C)C)N(C)C(=O)CCCCCCCCN. The van der Waals surface area contributed by atoms with Crippen LogP contribution in [0.25, 0.3) is 0 Å². The van der Waals surface area contributed by atoms with Gasteiger partial charge < -0.3 is 40.5 Å². The molecular weight excluding hydrogens is 723 g/mol. The number of amides is 5. The van der Waals surface area contributed by atoms with Crippen molar-refractivity contribution in [2.75, 3.05) is 47.9 Å². The molecule has 314 valence electrons. The van der Waals surface area contributed by atoms with Crippen LogP contribution in [0.3, 0.4) is 0 Å². The van der Waals surface area contributed by atoms with Crippen LogP contribution in [-0.4, -0.2) is 128 Å². The minimum atomic E-state index is -0.721. The second-order valence-electron chi connectivity index (χ2n) is 15.4. The van der Waals surface area contributed by atoms with Crippen molar-refractivity contribution in [2.24, 2.45) is 23.5 Å². The molecule has 0 aromatic carbocycles. The van der Waals surface area contributed by atoms with Crippen LogP contribution in [0.15, 0.2) is 11.6 Å². The second-order valence-corrected chi connectivity index (χ2v) is 16.3. The monoisotopic (exact) mass is 794 g/mol. The summed E-state index contributed by atoms with van der Waals surface area (Å²) in [7, 11) is 6.45. The molecule has 1 aromatic rings. The molecule has 7 atom stereocenters. The van der Waals surface area contributed by atoms with Gasteiger partial charge in [-0.2, -0.15) is 0 Å². The first-order valence-electron chi connectivity index (χ1n) is 20.2. The molecule has 0 bridgehead atoms. The Morgan fingerprint density at radius 1 is 0.945 bits per heavy atom. The van der Waals surface area contributed by atoms with E-state index in [1.807, 2.05) is 40.0 Å². The van der Waals surface area contributed by atoms with Gasteiger partial charge in [0.1, 0.15) is 11.0 Å². The molecular formula is C40H71N7O7S. The van der Waals surface area contributed by atoms with Gasteiger partial charge in [-0.25, -0.2) is 4.98 Å². The Morgan fingerprint density at radius 3 is 2.20 bits per heavy atom. The second kappa shape index (κ2) is 25.2. The van der Waals surface area contributed by atoms with Crippen LogP contribution >= 0.6 is 11.3 Å². The number of hydrogen-bond acceptors (Lipinski definition) is 10. The molecule has 0 aliphatic carbocycles. The summed E-state index contributed by atoms with van der Waals surface area (Å²) in [5.74, 6) is -1.80. The van der Waals surface area contributed by atoms with Crippen LogP contribution in [0, 0.1) is 17.8 Å². The van der Waals surface area contributed by atoms with Crippen LogP contribution in [0.5, 0.6) is 0 Å². The summed E-state index contributed by atoms with van der Waals surface area (Å²) in [4.78, 5) is 76.5. The maximum Gasteiger partial charge on any atom is 0.243 e. The molecule has 15 heteroatoms. The molecule has 1 aliphatic heterocycles. The van der Waals surface area contributed by atoms with Crippen LogP contribution in [-0.2, 0) is 40.0 Å². The fourth-order valence-corrected chi connectivity index (χ4v) is 8.32. The zero-order valence-corrected chi connectivity index (χ0v) is 35.8. The lowest BCUT2D eigenvalue weighted by molar-refractivity contribution is -0.146. The Bertz CT molecular complexity index is 1320. The number of aromatic nitrogens is 1. The highest BCUT2D eigenvalue weighted by Crippen LogP contribution is 2.29. The molecule has 0 radical (unpaired) electrons. The van der Waals surface area contributed by atoms with E-state index in [9.17, 15) is 24.0 Å². The number of nitrogens with zero attached hydrogens (tertiary/aromatic N) is 4. The van der Waals surface area contributed by atoms with Gasteiger partial charge >= 0.3 is 0 Å². The van der Waals surface area contributed by atoms with Gasteiger partial charge in [-0.3, -0.25) is 24.0 Å². The van der Waals surface area contributed by atoms with Gasteiger partial charge in [0.2, 0.25) is 29.5 Å². The Balaban J connectivity index is 2.06. The Hall–Kier alpha value is -3.14. The van der Waals surface area contributed by atoms with Crippen molar-refractivity contribution in [1.82, 2.24) is 30.3 Å². The van der Waals surface area contributed by atoms with Gasteiger partial charge in [-0.1, -0.05) is 66.7 Å². The summed E-state index contributed by atoms with van der Waals surface area (Å²) >= 11 is 1.47. The topological polar surface area (TPSA) is 176 Å². The first-order chi connectivity index (χ1) is 26.2. The minimum Gasteiger partial charge on any atom is -0.379 e. The number of nitrogens with two attached hydrogens (primary N) is 1. The number of likely N-dealkylation sites (tertiary alicyclic amines) is 1. The summed E-state index contributed by atoms with van der Waals surface area (Å²) in [5, 5.41) is 8.40. The third-order valence-corrected chi connectivity index (χ3v) is 12.0.